The molecule has 84 valence electrons. The van der Waals surface area contributed by atoms with Crippen LogP contribution in [0.5, 0.6) is 0 Å². The Balaban J connectivity index is 2.36. The van der Waals surface area contributed by atoms with Crippen LogP contribution >= 0.6 is 11.6 Å². The van der Waals surface area contributed by atoms with E-state index in [9.17, 15) is 8.42 Å². The van der Waals surface area contributed by atoms with Gasteiger partial charge in [0.05, 0.1) is 11.3 Å². The Bertz CT molecular complexity index is 422. The van der Waals surface area contributed by atoms with E-state index in [2.05, 4.69) is 15.0 Å². The van der Waals surface area contributed by atoms with Crippen molar-refractivity contribution in [3.63, 3.8) is 0 Å². The van der Waals surface area contributed by atoms with Crippen LogP contribution in [0.25, 0.3) is 0 Å². The number of anilines is 1. The maximum Gasteiger partial charge on any atom is 0.208 e. The zero-order valence-corrected chi connectivity index (χ0v) is 9.77. The summed E-state index contributed by atoms with van der Waals surface area (Å²) < 4.78 is 23.8. The fourth-order valence-corrected chi connectivity index (χ4v) is 1.59. The van der Waals surface area contributed by atoms with E-state index in [0.29, 0.717) is 23.9 Å². The lowest BCUT2D eigenvalue weighted by Gasteiger charge is -2.06. The fourth-order valence-electron chi connectivity index (χ4n) is 0.933. The third kappa shape index (κ3) is 4.96. The predicted molar refractivity (Wildman–Crippen MR) is 60.6 cm³/mol. The van der Waals surface area contributed by atoms with Crippen LogP contribution < -0.4 is 10.0 Å². The van der Waals surface area contributed by atoms with E-state index in [1.807, 2.05) is 0 Å². The SMILES string of the molecule is CS(=O)(=O)NCCNc1ncccc1Cl. The number of nitrogens with zero attached hydrogens (tertiary/aromatic N) is 1. The Morgan fingerprint density at radius 1 is 1.47 bits per heavy atom. The van der Waals surface area contributed by atoms with Crippen molar-refractivity contribution in [3.8, 4) is 0 Å². The molecule has 5 nitrogen and oxygen atoms in total. The van der Waals surface area contributed by atoms with Gasteiger partial charge in [0.1, 0.15) is 5.82 Å². The Labute approximate surface area is 93.9 Å². The summed E-state index contributed by atoms with van der Waals surface area (Å²) in [5.41, 5.74) is 0. The van der Waals surface area contributed by atoms with Crippen LogP contribution in [0, 0.1) is 0 Å². The maximum atomic E-state index is 10.7. The van der Waals surface area contributed by atoms with E-state index in [4.69, 9.17) is 11.6 Å². The van der Waals surface area contributed by atoms with Crippen molar-refractivity contribution in [3.05, 3.63) is 23.4 Å². The van der Waals surface area contributed by atoms with Gasteiger partial charge in [-0.3, -0.25) is 0 Å². The fraction of sp³-hybridized carbons (Fsp3) is 0.375. The summed E-state index contributed by atoms with van der Waals surface area (Å²) in [6.07, 6.45) is 2.72. The summed E-state index contributed by atoms with van der Waals surface area (Å²) in [5.74, 6) is 0.550. The summed E-state index contributed by atoms with van der Waals surface area (Å²) in [4.78, 5) is 3.99. The molecule has 0 aliphatic rings. The monoisotopic (exact) mass is 249 g/mol. The zero-order chi connectivity index (χ0) is 11.3. The van der Waals surface area contributed by atoms with Gasteiger partial charge in [-0.05, 0) is 12.1 Å². The van der Waals surface area contributed by atoms with Gasteiger partial charge in [-0.1, -0.05) is 11.6 Å². The average Bonchev–Trinajstić information content (AvgIpc) is 2.13. The van der Waals surface area contributed by atoms with Gasteiger partial charge in [-0.25, -0.2) is 18.1 Å². The minimum Gasteiger partial charge on any atom is -0.368 e. The number of sulfonamides is 1. The lowest BCUT2D eigenvalue weighted by Crippen LogP contribution is -2.27. The first-order valence-corrected chi connectivity index (χ1v) is 6.55. The van der Waals surface area contributed by atoms with Crippen molar-refractivity contribution in [1.29, 1.82) is 0 Å². The summed E-state index contributed by atoms with van der Waals surface area (Å²) >= 11 is 5.83. The molecule has 0 saturated carbocycles. The van der Waals surface area contributed by atoms with Crippen LogP contribution in [0.1, 0.15) is 0 Å². The number of halogens is 1. The van der Waals surface area contributed by atoms with Crippen LogP contribution in [0.2, 0.25) is 5.02 Å². The Hall–Kier alpha value is -0.850. The first kappa shape index (κ1) is 12.2. The topological polar surface area (TPSA) is 71.1 Å². The van der Waals surface area contributed by atoms with E-state index in [1.54, 1.807) is 18.3 Å². The average molecular weight is 250 g/mol. The number of pyridine rings is 1. The molecule has 0 saturated heterocycles. The first-order valence-electron chi connectivity index (χ1n) is 4.28. The van der Waals surface area contributed by atoms with Gasteiger partial charge in [-0.15, -0.1) is 0 Å². The van der Waals surface area contributed by atoms with Crippen LogP contribution in [0.3, 0.4) is 0 Å². The maximum absolute atomic E-state index is 10.7. The van der Waals surface area contributed by atoms with Gasteiger partial charge in [0.2, 0.25) is 10.0 Å². The van der Waals surface area contributed by atoms with Gasteiger partial charge in [0.15, 0.2) is 0 Å². The Kier molecular flexibility index (Phi) is 4.31. The third-order valence-electron chi connectivity index (χ3n) is 1.54. The zero-order valence-electron chi connectivity index (χ0n) is 8.20. The second-order valence-corrected chi connectivity index (χ2v) is 5.17. The molecule has 0 fully saturated rings. The molecule has 2 N–H and O–H groups in total. The minimum atomic E-state index is -3.13. The predicted octanol–water partition coefficient (Wildman–Crippen LogP) is 0.696. The molecular weight excluding hydrogens is 238 g/mol. The lowest BCUT2D eigenvalue weighted by atomic mass is 10.4. The highest BCUT2D eigenvalue weighted by molar-refractivity contribution is 7.88. The van der Waals surface area contributed by atoms with Crippen LogP contribution in [0.4, 0.5) is 5.82 Å². The molecule has 1 rings (SSSR count). The molecule has 0 bridgehead atoms. The van der Waals surface area contributed by atoms with Gasteiger partial charge in [-0.2, -0.15) is 0 Å². The van der Waals surface area contributed by atoms with Gasteiger partial charge >= 0.3 is 0 Å². The summed E-state index contributed by atoms with van der Waals surface area (Å²) in [6.45, 7) is 0.732. The van der Waals surface area contributed by atoms with E-state index in [0.717, 1.165) is 6.26 Å². The van der Waals surface area contributed by atoms with E-state index >= 15 is 0 Å². The quantitative estimate of drug-likeness (QED) is 0.754. The molecule has 0 aliphatic heterocycles. The molecule has 7 heteroatoms. The highest BCUT2D eigenvalue weighted by atomic mass is 35.5. The molecule has 0 radical (unpaired) electrons. The standard InChI is InChI=1S/C8H12ClN3O2S/c1-15(13,14)12-6-5-11-8-7(9)3-2-4-10-8/h2-4,12H,5-6H2,1H3,(H,10,11). The molecule has 1 aromatic rings. The normalized spacial score (nSPS) is 11.3. The van der Waals surface area contributed by atoms with Gasteiger partial charge in [0.25, 0.3) is 0 Å². The smallest absolute Gasteiger partial charge is 0.208 e. The van der Waals surface area contributed by atoms with Crippen molar-refractivity contribution in [1.82, 2.24) is 9.71 Å². The number of nitrogens with one attached hydrogen (secondary N) is 2. The molecule has 0 atom stereocenters. The lowest BCUT2D eigenvalue weighted by molar-refractivity contribution is 0.589. The Morgan fingerprint density at radius 2 is 2.20 bits per heavy atom. The van der Waals surface area contributed by atoms with Gasteiger partial charge in [0, 0.05) is 19.3 Å². The molecule has 15 heavy (non-hydrogen) atoms. The largest absolute Gasteiger partial charge is 0.368 e. The third-order valence-corrected chi connectivity index (χ3v) is 2.57. The Morgan fingerprint density at radius 3 is 2.80 bits per heavy atom. The van der Waals surface area contributed by atoms with Crippen molar-refractivity contribution < 1.29 is 8.42 Å². The number of hydrogen-bond acceptors (Lipinski definition) is 4. The molecule has 1 heterocycles. The molecule has 1 aromatic heterocycles. The van der Waals surface area contributed by atoms with Crippen molar-refractivity contribution in [2.24, 2.45) is 0 Å². The molecule has 0 aromatic carbocycles. The summed E-state index contributed by atoms with van der Waals surface area (Å²) in [7, 11) is -3.13. The van der Waals surface area contributed by atoms with Crippen molar-refractivity contribution >= 4 is 27.4 Å². The van der Waals surface area contributed by atoms with Crippen LogP contribution in [-0.4, -0.2) is 32.7 Å². The first-order chi connectivity index (χ1) is 6.99. The summed E-state index contributed by atoms with van der Waals surface area (Å²) in [5, 5.41) is 3.43. The number of aromatic nitrogens is 1. The highest BCUT2D eigenvalue weighted by Gasteiger charge is 2.01. The molecule has 0 spiro atoms. The molecule has 0 aliphatic carbocycles. The number of hydrogen-bond donors (Lipinski definition) is 2. The van der Waals surface area contributed by atoms with Crippen LogP contribution in [-0.2, 0) is 10.0 Å². The number of rotatable bonds is 5. The second-order valence-electron chi connectivity index (χ2n) is 2.93. The molecule has 0 amide bonds. The van der Waals surface area contributed by atoms with E-state index in [1.165, 1.54) is 0 Å². The van der Waals surface area contributed by atoms with Crippen molar-refractivity contribution in [2.45, 2.75) is 0 Å². The molecular formula is C8H12ClN3O2S. The van der Waals surface area contributed by atoms with Gasteiger partial charge < -0.3 is 5.32 Å². The second kappa shape index (κ2) is 5.29. The van der Waals surface area contributed by atoms with E-state index in [-0.39, 0.29) is 0 Å². The highest BCUT2D eigenvalue weighted by Crippen LogP contribution is 2.16. The van der Waals surface area contributed by atoms with Crippen molar-refractivity contribution in [2.75, 3.05) is 24.7 Å². The minimum absolute atomic E-state index is 0.297. The molecule has 0 unspecified atom stereocenters. The van der Waals surface area contributed by atoms with E-state index < -0.39 is 10.0 Å². The van der Waals surface area contributed by atoms with Crippen LogP contribution in [0.15, 0.2) is 18.3 Å². The summed E-state index contributed by atoms with van der Waals surface area (Å²) in [6, 6.07) is 3.43.